The van der Waals surface area contributed by atoms with E-state index in [-0.39, 0.29) is 11.3 Å². The molecule has 1 unspecified atom stereocenters. The molecule has 1 fully saturated rings. The molecule has 0 saturated carbocycles. The van der Waals surface area contributed by atoms with Gasteiger partial charge in [0.1, 0.15) is 0 Å². The largest absolute Gasteiger partial charge is 0.312 e. The Balaban J connectivity index is 1.63. The highest BCUT2D eigenvalue weighted by Gasteiger charge is 2.48. The molecule has 2 aliphatic rings. The van der Waals surface area contributed by atoms with Crippen molar-refractivity contribution in [2.24, 2.45) is 5.41 Å². The van der Waals surface area contributed by atoms with Crippen LogP contribution in [0.5, 0.6) is 0 Å². The van der Waals surface area contributed by atoms with Crippen LogP contribution in [0.2, 0.25) is 0 Å². The van der Waals surface area contributed by atoms with Crippen molar-refractivity contribution in [1.29, 1.82) is 0 Å². The third kappa shape index (κ3) is 2.63. The topological polar surface area (TPSA) is 52.6 Å². The number of benzene rings is 2. The molecule has 0 aromatic heterocycles. The first-order valence-electron chi connectivity index (χ1n) is 8.71. The van der Waals surface area contributed by atoms with E-state index >= 15 is 0 Å². The van der Waals surface area contributed by atoms with Crippen molar-refractivity contribution < 1.29 is 10.0 Å². The Morgan fingerprint density at radius 3 is 2.68 bits per heavy atom. The zero-order valence-electron chi connectivity index (χ0n) is 14.2. The number of nitrogens with zero attached hydrogens (tertiary/aromatic N) is 1. The average Bonchev–Trinajstić information content (AvgIpc) is 2.97. The maximum absolute atomic E-state index is 13.2. The molecule has 1 saturated heterocycles. The van der Waals surface area contributed by atoms with Gasteiger partial charge in [0.15, 0.2) is 0 Å². The Bertz CT molecular complexity index is 831. The number of anilines is 1. The molecule has 1 aliphatic carbocycles. The van der Waals surface area contributed by atoms with Gasteiger partial charge in [0.2, 0.25) is 5.91 Å². The van der Waals surface area contributed by atoms with Gasteiger partial charge in [0.05, 0.1) is 11.1 Å². The van der Waals surface area contributed by atoms with Crippen LogP contribution in [0.4, 0.5) is 5.69 Å². The fraction of sp³-hybridized carbons (Fsp3) is 0.286. The molecule has 0 bridgehead atoms. The summed E-state index contributed by atoms with van der Waals surface area (Å²) in [5.74, 6) is 0.244. The number of rotatable bonds is 3. The minimum absolute atomic E-state index is 0.244. The number of carbonyl (C=O) groups is 1. The zero-order valence-corrected chi connectivity index (χ0v) is 14.2. The molecule has 1 aliphatic heterocycles. The number of hydroxylamine groups is 1. The molecule has 2 N–H and O–H groups in total. The summed E-state index contributed by atoms with van der Waals surface area (Å²) < 4.78 is 0. The highest BCUT2D eigenvalue weighted by atomic mass is 16.5. The van der Waals surface area contributed by atoms with Crippen LogP contribution in [0.25, 0.3) is 5.70 Å². The molecule has 1 spiro atoms. The quantitative estimate of drug-likeness (QED) is 0.844. The van der Waals surface area contributed by atoms with E-state index in [2.05, 4.69) is 24.2 Å². The number of fused-ring (bicyclic) bond motifs is 1. The molecule has 1 amide bonds. The zero-order chi connectivity index (χ0) is 17.4. The molecular weight excluding hydrogens is 312 g/mol. The summed E-state index contributed by atoms with van der Waals surface area (Å²) >= 11 is 0. The first-order chi connectivity index (χ1) is 12.1. The average molecular weight is 334 g/mol. The smallest absolute Gasteiger partial charge is 0.233 e. The molecule has 0 radical (unpaired) electrons. The summed E-state index contributed by atoms with van der Waals surface area (Å²) in [4.78, 5) is 15.2. The lowest BCUT2D eigenvalue weighted by atomic mass is 9.70. The van der Waals surface area contributed by atoms with Crippen LogP contribution >= 0.6 is 0 Å². The molecule has 4 rings (SSSR count). The predicted octanol–water partition coefficient (Wildman–Crippen LogP) is 3.55. The summed E-state index contributed by atoms with van der Waals surface area (Å²) in [6.07, 6.45) is 3.48. The van der Waals surface area contributed by atoms with Gasteiger partial charge in [-0.3, -0.25) is 15.5 Å². The predicted molar refractivity (Wildman–Crippen MR) is 98.3 cm³/mol. The lowest BCUT2D eigenvalue weighted by Crippen LogP contribution is -2.38. The van der Waals surface area contributed by atoms with E-state index in [0.717, 1.165) is 43.5 Å². The second kappa shape index (κ2) is 6.05. The second-order valence-electron chi connectivity index (χ2n) is 7.07. The molecule has 4 heteroatoms. The van der Waals surface area contributed by atoms with Gasteiger partial charge in [-0.25, -0.2) is 0 Å². The van der Waals surface area contributed by atoms with Gasteiger partial charge in [-0.1, -0.05) is 36.9 Å². The maximum Gasteiger partial charge on any atom is 0.233 e. The molecule has 1 heterocycles. The first-order valence-corrected chi connectivity index (χ1v) is 8.71. The Morgan fingerprint density at radius 1 is 1.12 bits per heavy atom. The first kappa shape index (κ1) is 15.9. The third-order valence-electron chi connectivity index (χ3n) is 5.67. The molecule has 4 nitrogen and oxygen atoms in total. The Labute approximate surface area is 147 Å². The minimum atomic E-state index is -0.296. The van der Waals surface area contributed by atoms with Gasteiger partial charge < -0.3 is 4.90 Å². The van der Waals surface area contributed by atoms with Gasteiger partial charge in [-0.05, 0) is 60.6 Å². The maximum atomic E-state index is 13.2. The van der Waals surface area contributed by atoms with Crippen molar-refractivity contribution in [2.45, 2.75) is 25.7 Å². The van der Waals surface area contributed by atoms with Crippen molar-refractivity contribution in [3.8, 4) is 0 Å². The SMILES string of the molecule is C=C(NO)c1ccc2c(c1)CC1(CC2)CCN(c2ccccc2)C1=O. The van der Waals surface area contributed by atoms with Crippen LogP contribution in [0.15, 0.2) is 55.1 Å². The third-order valence-corrected chi connectivity index (χ3v) is 5.67. The Hall–Kier alpha value is -2.59. The molecule has 2 aromatic carbocycles. The van der Waals surface area contributed by atoms with Crippen molar-refractivity contribution in [1.82, 2.24) is 5.48 Å². The number of hydrogen-bond acceptors (Lipinski definition) is 3. The van der Waals surface area contributed by atoms with Crippen LogP contribution in [0, 0.1) is 5.41 Å². The number of nitrogens with one attached hydrogen (secondary N) is 1. The van der Waals surface area contributed by atoms with Gasteiger partial charge in [0.25, 0.3) is 0 Å². The molecular formula is C21H22N2O2. The van der Waals surface area contributed by atoms with Crippen molar-refractivity contribution >= 4 is 17.3 Å². The van der Waals surface area contributed by atoms with Crippen LogP contribution in [-0.2, 0) is 17.6 Å². The number of para-hydroxylation sites is 1. The van der Waals surface area contributed by atoms with E-state index in [1.807, 2.05) is 41.3 Å². The van der Waals surface area contributed by atoms with Crippen LogP contribution in [0.3, 0.4) is 0 Å². The fourth-order valence-corrected chi connectivity index (χ4v) is 4.18. The molecule has 2 aromatic rings. The molecule has 25 heavy (non-hydrogen) atoms. The van der Waals surface area contributed by atoms with Crippen LogP contribution in [-0.4, -0.2) is 17.7 Å². The highest BCUT2D eigenvalue weighted by molar-refractivity contribution is 6.00. The highest BCUT2D eigenvalue weighted by Crippen LogP contribution is 2.45. The number of amides is 1. The van der Waals surface area contributed by atoms with E-state index in [9.17, 15) is 4.79 Å². The van der Waals surface area contributed by atoms with E-state index in [4.69, 9.17) is 5.21 Å². The van der Waals surface area contributed by atoms with Gasteiger partial charge >= 0.3 is 0 Å². The lowest BCUT2D eigenvalue weighted by molar-refractivity contribution is -0.126. The normalized spacial score (nSPS) is 22.1. The standard InChI is InChI=1S/C21H22N2O2/c1-15(22-25)17-8-7-16-9-10-21(14-18(16)13-17)11-12-23(20(21)24)19-5-3-2-4-6-19/h2-8,13,22,25H,1,9-12,14H2. The monoisotopic (exact) mass is 334 g/mol. The summed E-state index contributed by atoms with van der Waals surface area (Å²) in [5, 5.41) is 9.09. The van der Waals surface area contributed by atoms with Crippen molar-refractivity contribution in [3.63, 3.8) is 0 Å². The van der Waals surface area contributed by atoms with Gasteiger partial charge in [-0.2, -0.15) is 0 Å². The Morgan fingerprint density at radius 2 is 1.92 bits per heavy atom. The van der Waals surface area contributed by atoms with Crippen molar-refractivity contribution in [3.05, 3.63) is 71.8 Å². The fourth-order valence-electron chi connectivity index (χ4n) is 4.18. The summed E-state index contributed by atoms with van der Waals surface area (Å²) in [7, 11) is 0. The molecule has 1 atom stereocenters. The van der Waals surface area contributed by atoms with Crippen molar-refractivity contribution in [2.75, 3.05) is 11.4 Å². The van der Waals surface area contributed by atoms with Crippen LogP contribution in [0.1, 0.15) is 29.5 Å². The van der Waals surface area contributed by atoms with E-state index < -0.39 is 0 Å². The molecule has 128 valence electrons. The number of hydrogen-bond donors (Lipinski definition) is 2. The summed E-state index contributed by atoms with van der Waals surface area (Å²) in [6.45, 7) is 4.59. The second-order valence-corrected chi connectivity index (χ2v) is 7.07. The minimum Gasteiger partial charge on any atom is -0.312 e. The van der Waals surface area contributed by atoms with Gasteiger partial charge in [0, 0.05) is 12.2 Å². The van der Waals surface area contributed by atoms with E-state index in [0.29, 0.717) is 5.70 Å². The Kier molecular flexibility index (Phi) is 3.85. The van der Waals surface area contributed by atoms with Gasteiger partial charge in [-0.15, -0.1) is 0 Å². The summed E-state index contributed by atoms with van der Waals surface area (Å²) in [6, 6.07) is 16.0. The van der Waals surface area contributed by atoms with Crippen LogP contribution < -0.4 is 10.4 Å². The van der Waals surface area contributed by atoms with E-state index in [1.165, 1.54) is 11.1 Å². The summed E-state index contributed by atoms with van der Waals surface area (Å²) in [5.41, 5.74) is 6.65. The number of aryl methyl sites for hydroxylation is 1. The lowest BCUT2D eigenvalue weighted by Gasteiger charge is -2.33. The van der Waals surface area contributed by atoms with E-state index in [1.54, 1.807) is 0 Å². The number of carbonyl (C=O) groups excluding carboxylic acids is 1.